The number of aryl methyl sites for hydroxylation is 2. The Kier molecular flexibility index (Phi) is 6.70. The van der Waals surface area contributed by atoms with Gasteiger partial charge in [-0.15, -0.1) is 0 Å². The molecule has 5 rings (SSSR count). The van der Waals surface area contributed by atoms with Gasteiger partial charge in [0.15, 0.2) is 5.16 Å². The Hall–Kier alpha value is -3.76. The summed E-state index contributed by atoms with van der Waals surface area (Å²) < 4.78 is 42.4. The van der Waals surface area contributed by atoms with Gasteiger partial charge in [0, 0.05) is 11.3 Å². The van der Waals surface area contributed by atoms with Crippen molar-refractivity contribution >= 4 is 39.1 Å². The summed E-state index contributed by atoms with van der Waals surface area (Å²) in [6, 6.07) is 19.4. The Morgan fingerprint density at radius 2 is 1.86 bits per heavy atom. The Morgan fingerprint density at radius 1 is 1.05 bits per heavy atom. The predicted octanol–water partition coefficient (Wildman–Crippen LogP) is 5.34. The van der Waals surface area contributed by atoms with Gasteiger partial charge in [-0.05, 0) is 43.2 Å². The van der Waals surface area contributed by atoms with Crippen LogP contribution in [-0.2, 0) is 21.4 Å². The minimum absolute atomic E-state index is 0.0165. The van der Waals surface area contributed by atoms with Crippen LogP contribution in [0.1, 0.15) is 16.7 Å². The van der Waals surface area contributed by atoms with Crippen LogP contribution in [0.4, 0.5) is 15.8 Å². The maximum atomic E-state index is 13.8. The second kappa shape index (κ2) is 9.95. The summed E-state index contributed by atoms with van der Waals surface area (Å²) in [4.78, 5) is 21.2. The zero-order chi connectivity index (χ0) is 26.2. The number of halogens is 1. The average Bonchev–Trinajstić information content (AvgIpc) is 2.87. The van der Waals surface area contributed by atoms with E-state index in [1.165, 1.54) is 16.6 Å². The molecular weight excluding hydrogens is 511 g/mol. The van der Waals surface area contributed by atoms with Gasteiger partial charge in [0.05, 0.1) is 29.9 Å². The first-order chi connectivity index (χ1) is 17.7. The maximum absolute atomic E-state index is 13.8. The van der Waals surface area contributed by atoms with E-state index < -0.39 is 15.8 Å². The Morgan fingerprint density at radius 3 is 2.65 bits per heavy atom. The van der Waals surface area contributed by atoms with E-state index in [0.29, 0.717) is 28.2 Å². The number of amides is 1. The van der Waals surface area contributed by atoms with Crippen LogP contribution in [-0.4, -0.2) is 30.0 Å². The Labute approximate surface area is 218 Å². The molecule has 0 saturated carbocycles. The SMILES string of the molecule is Cc1cccc(CN2c3ccccc3-c3nc(SCC(=O)Nc4ccc(C)c(F)c4)ncc3S2(=O)=O)c1. The van der Waals surface area contributed by atoms with E-state index in [9.17, 15) is 17.6 Å². The molecule has 0 unspecified atom stereocenters. The standard InChI is InChI=1S/C27H23FN4O3S2/c1-17-6-5-7-19(12-17)15-32-23-9-4-3-8-21(23)26-24(37(32,34)35)14-29-27(31-26)36-16-25(33)30-20-11-10-18(2)22(28)13-20/h3-14H,15-16H2,1-2H3,(H,30,33). The number of thioether (sulfide) groups is 1. The highest BCUT2D eigenvalue weighted by molar-refractivity contribution is 7.99. The number of anilines is 2. The van der Waals surface area contributed by atoms with Crippen molar-refractivity contribution in [2.45, 2.75) is 30.4 Å². The first-order valence-corrected chi connectivity index (χ1v) is 13.9. The number of fused-ring (bicyclic) bond motifs is 3. The molecule has 0 bridgehead atoms. The number of benzene rings is 3. The number of carbonyl (C=O) groups excluding carboxylic acids is 1. The second-order valence-corrected chi connectivity index (χ2v) is 11.5. The van der Waals surface area contributed by atoms with Crippen LogP contribution in [0.25, 0.3) is 11.3 Å². The van der Waals surface area contributed by atoms with Gasteiger partial charge in [0.1, 0.15) is 10.7 Å². The molecule has 2 heterocycles. The van der Waals surface area contributed by atoms with Crippen LogP contribution in [0.3, 0.4) is 0 Å². The van der Waals surface area contributed by atoms with E-state index in [2.05, 4.69) is 15.3 Å². The number of para-hydroxylation sites is 1. The molecule has 37 heavy (non-hydrogen) atoms. The van der Waals surface area contributed by atoms with Gasteiger partial charge >= 0.3 is 0 Å². The third-order valence-electron chi connectivity index (χ3n) is 5.93. The van der Waals surface area contributed by atoms with Gasteiger partial charge in [-0.1, -0.05) is 65.9 Å². The number of nitrogens with zero attached hydrogens (tertiary/aromatic N) is 3. The number of carbonyl (C=O) groups is 1. The van der Waals surface area contributed by atoms with Gasteiger partial charge in [-0.3, -0.25) is 9.10 Å². The Balaban J connectivity index is 1.40. The van der Waals surface area contributed by atoms with Gasteiger partial charge in [-0.2, -0.15) is 0 Å². The van der Waals surface area contributed by atoms with E-state index in [0.717, 1.165) is 22.9 Å². The lowest BCUT2D eigenvalue weighted by Crippen LogP contribution is -2.34. The Bertz CT molecular complexity index is 1630. The van der Waals surface area contributed by atoms with Gasteiger partial charge in [-0.25, -0.2) is 22.8 Å². The van der Waals surface area contributed by atoms with Crippen molar-refractivity contribution in [2.24, 2.45) is 0 Å². The number of hydrogen-bond acceptors (Lipinski definition) is 6. The monoisotopic (exact) mass is 534 g/mol. The van der Waals surface area contributed by atoms with Crippen molar-refractivity contribution in [3.63, 3.8) is 0 Å². The summed E-state index contributed by atoms with van der Waals surface area (Å²) in [7, 11) is -3.92. The van der Waals surface area contributed by atoms with Gasteiger partial charge < -0.3 is 5.32 Å². The first kappa shape index (κ1) is 24.9. The van der Waals surface area contributed by atoms with Crippen LogP contribution in [0.2, 0.25) is 0 Å². The maximum Gasteiger partial charge on any atom is 0.268 e. The molecule has 7 nitrogen and oxygen atoms in total. The highest BCUT2D eigenvalue weighted by Gasteiger charge is 2.36. The summed E-state index contributed by atoms with van der Waals surface area (Å²) >= 11 is 1.07. The van der Waals surface area contributed by atoms with Crippen LogP contribution < -0.4 is 9.62 Å². The molecule has 10 heteroatoms. The summed E-state index contributed by atoms with van der Waals surface area (Å²) in [6.07, 6.45) is 1.30. The highest BCUT2D eigenvalue weighted by atomic mass is 32.2. The fourth-order valence-corrected chi connectivity index (χ4v) is 6.27. The summed E-state index contributed by atoms with van der Waals surface area (Å²) in [5.41, 5.74) is 4.26. The van der Waals surface area contributed by atoms with Crippen molar-refractivity contribution < 1.29 is 17.6 Å². The molecule has 3 aromatic carbocycles. The zero-order valence-corrected chi connectivity index (χ0v) is 21.7. The molecule has 188 valence electrons. The average molecular weight is 535 g/mol. The van der Waals surface area contributed by atoms with E-state index in [1.54, 1.807) is 31.2 Å². The molecule has 0 radical (unpaired) electrons. The molecule has 0 spiro atoms. The molecule has 0 fully saturated rings. The van der Waals surface area contributed by atoms with E-state index in [-0.39, 0.29) is 28.3 Å². The van der Waals surface area contributed by atoms with Crippen molar-refractivity contribution in [1.82, 2.24) is 9.97 Å². The first-order valence-electron chi connectivity index (χ1n) is 11.5. The molecule has 4 aromatic rings. The lowest BCUT2D eigenvalue weighted by atomic mass is 10.1. The number of rotatable bonds is 6. The van der Waals surface area contributed by atoms with Crippen LogP contribution in [0, 0.1) is 19.7 Å². The van der Waals surface area contributed by atoms with Gasteiger partial charge in [0.25, 0.3) is 10.0 Å². The third-order valence-corrected chi connectivity index (χ3v) is 8.55. The smallest absolute Gasteiger partial charge is 0.268 e. The topological polar surface area (TPSA) is 92.3 Å². The third kappa shape index (κ3) is 5.07. The molecule has 0 saturated heterocycles. The van der Waals surface area contributed by atoms with E-state index in [1.807, 2.05) is 43.3 Å². The van der Waals surface area contributed by atoms with Crippen LogP contribution in [0.15, 0.2) is 83.0 Å². The number of nitrogens with one attached hydrogen (secondary N) is 1. The van der Waals surface area contributed by atoms with Crippen molar-refractivity contribution in [2.75, 3.05) is 15.4 Å². The largest absolute Gasteiger partial charge is 0.325 e. The molecule has 1 aliphatic heterocycles. The summed E-state index contributed by atoms with van der Waals surface area (Å²) in [5, 5.41) is 2.91. The van der Waals surface area contributed by atoms with Crippen molar-refractivity contribution in [3.05, 3.63) is 95.4 Å². The summed E-state index contributed by atoms with van der Waals surface area (Å²) in [5.74, 6) is -0.783. The molecule has 1 amide bonds. The highest BCUT2D eigenvalue weighted by Crippen LogP contribution is 2.42. The molecule has 0 aliphatic carbocycles. The minimum Gasteiger partial charge on any atom is -0.325 e. The number of sulfonamides is 1. The van der Waals surface area contributed by atoms with E-state index in [4.69, 9.17) is 0 Å². The predicted molar refractivity (Wildman–Crippen MR) is 143 cm³/mol. The lowest BCUT2D eigenvalue weighted by molar-refractivity contribution is -0.113. The van der Waals surface area contributed by atoms with Gasteiger partial charge in [0.2, 0.25) is 5.91 Å². The lowest BCUT2D eigenvalue weighted by Gasteiger charge is -2.31. The fourth-order valence-electron chi connectivity index (χ4n) is 4.09. The van der Waals surface area contributed by atoms with Crippen molar-refractivity contribution in [3.8, 4) is 11.3 Å². The quantitative estimate of drug-likeness (QED) is 0.265. The molecular formula is C27H23FN4O3S2. The molecule has 1 aliphatic rings. The number of hydrogen-bond donors (Lipinski definition) is 1. The fraction of sp³-hybridized carbons (Fsp3) is 0.148. The molecule has 1 aromatic heterocycles. The normalized spacial score (nSPS) is 13.5. The minimum atomic E-state index is -3.92. The number of aromatic nitrogens is 2. The second-order valence-electron chi connectivity index (χ2n) is 8.68. The molecule has 1 N–H and O–H groups in total. The summed E-state index contributed by atoms with van der Waals surface area (Å²) in [6.45, 7) is 3.78. The van der Waals surface area contributed by atoms with E-state index >= 15 is 0 Å². The molecule has 0 atom stereocenters. The van der Waals surface area contributed by atoms with Crippen LogP contribution in [0.5, 0.6) is 0 Å². The van der Waals surface area contributed by atoms with Crippen LogP contribution >= 0.6 is 11.8 Å². The van der Waals surface area contributed by atoms with Crippen molar-refractivity contribution in [1.29, 1.82) is 0 Å². The zero-order valence-electron chi connectivity index (χ0n) is 20.1.